The van der Waals surface area contributed by atoms with Gasteiger partial charge in [-0.2, -0.15) is 0 Å². The number of carbonyl (C=O) groups is 3. The molecule has 0 bridgehead atoms. The van der Waals surface area contributed by atoms with E-state index in [0.29, 0.717) is 46.3 Å². The van der Waals surface area contributed by atoms with E-state index in [9.17, 15) is 14.4 Å². The van der Waals surface area contributed by atoms with Crippen molar-refractivity contribution in [2.45, 2.75) is 19.9 Å². The van der Waals surface area contributed by atoms with Gasteiger partial charge in [-0.05, 0) is 41.8 Å². The molecule has 10 heteroatoms. The number of amides is 2. The Morgan fingerprint density at radius 2 is 1.94 bits per heavy atom. The SMILES string of the molecule is C=C(NCc1ccc(C(=O)OC)c(C)c1)c1cc(NC(=O)Cc2ccc3c(c2)NC(=O)CO3)ncn1. The second kappa shape index (κ2) is 10.7. The Morgan fingerprint density at radius 1 is 1.14 bits per heavy atom. The molecule has 1 aliphatic rings. The van der Waals surface area contributed by atoms with Gasteiger partial charge in [-0.3, -0.25) is 9.59 Å². The monoisotopic (exact) mass is 487 g/mol. The molecule has 0 fully saturated rings. The van der Waals surface area contributed by atoms with E-state index in [2.05, 4.69) is 32.5 Å². The molecule has 4 rings (SSSR count). The smallest absolute Gasteiger partial charge is 0.338 e. The molecule has 0 saturated heterocycles. The van der Waals surface area contributed by atoms with Gasteiger partial charge >= 0.3 is 5.97 Å². The van der Waals surface area contributed by atoms with Gasteiger partial charge < -0.3 is 25.4 Å². The Labute approximate surface area is 207 Å². The summed E-state index contributed by atoms with van der Waals surface area (Å²) < 4.78 is 10.1. The van der Waals surface area contributed by atoms with Gasteiger partial charge in [-0.1, -0.05) is 24.8 Å². The van der Waals surface area contributed by atoms with Crippen LogP contribution in [0.4, 0.5) is 11.5 Å². The molecule has 2 heterocycles. The number of rotatable bonds is 8. The molecule has 2 aromatic carbocycles. The number of aryl methyl sites for hydroxylation is 1. The third-order valence-electron chi connectivity index (χ3n) is 5.49. The van der Waals surface area contributed by atoms with Crippen LogP contribution in [0.15, 0.2) is 55.4 Å². The van der Waals surface area contributed by atoms with Crippen LogP contribution in [0, 0.1) is 6.92 Å². The number of hydrogen-bond donors (Lipinski definition) is 3. The van der Waals surface area contributed by atoms with Gasteiger partial charge in [-0.15, -0.1) is 0 Å². The molecule has 0 saturated carbocycles. The molecular formula is C26H25N5O5. The lowest BCUT2D eigenvalue weighted by Crippen LogP contribution is -2.25. The fourth-order valence-electron chi connectivity index (χ4n) is 3.68. The molecule has 0 spiro atoms. The summed E-state index contributed by atoms with van der Waals surface area (Å²) in [6.07, 6.45) is 1.43. The van der Waals surface area contributed by atoms with E-state index < -0.39 is 0 Å². The zero-order valence-electron chi connectivity index (χ0n) is 19.9. The molecule has 3 N–H and O–H groups in total. The summed E-state index contributed by atoms with van der Waals surface area (Å²) in [6.45, 7) is 6.31. The van der Waals surface area contributed by atoms with Crippen molar-refractivity contribution in [3.63, 3.8) is 0 Å². The van der Waals surface area contributed by atoms with E-state index >= 15 is 0 Å². The molecule has 0 atom stereocenters. The number of nitrogens with zero attached hydrogens (tertiary/aromatic N) is 2. The highest BCUT2D eigenvalue weighted by molar-refractivity contribution is 5.96. The van der Waals surface area contributed by atoms with Crippen LogP contribution >= 0.6 is 0 Å². The van der Waals surface area contributed by atoms with Crippen LogP contribution < -0.4 is 20.7 Å². The van der Waals surface area contributed by atoms with Crippen molar-refractivity contribution in [3.8, 4) is 5.75 Å². The van der Waals surface area contributed by atoms with Crippen LogP contribution in [0.5, 0.6) is 5.75 Å². The zero-order chi connectivity index (χ0) is 25.7. The minimum absolute atomic E-state index is 0.0235. The van der Waals surface area contributed by atoms with Crippen LogP contribution in [0.1, 0.15) is 32.7 Å². The minimum Gasteiger partial charge on any atom is -0.482 e. The summed E-state index contributed by atoms with van der Waals surface area (Å²) >= 11 is 0. The van der Waals surface area contributed by atoms with Gasteiger partial charge in [0.25, 0.3) is 5.91 Å². The largest absolute Gasteiger partial charge is 0.482 e. The van der Waals surface area contributed by atoms with Crippen molar-refractivity contribution in [2.24, 2.45) is 0 Å². The zero-order valence-corrected chi connectivity index (χ0v) is 19.9. The molecule has 36 heavy (non-hydrogen) atoms. The van der Waals surface area contributed by atoms with Gasteiger partial charge in [0.15, 0.2) is 6.61 Å². The lowest BCUT2D eigenvalue weighted by Gasteiger charge is -2.18. The number of ether oxygens (including phenoxy) is 2. The lowest BCUT2D eigenvalue weighted by atomic mass is 10.1. The van der Waals surface area contributed by atoms with E-state index in [1.165, 1.54) is 13.4 Å². The topological polar surface area (TPSA) is 132 Å². The van der Waals surface area contributed by atoms with Crippen LogP contribution in [-0.4, -0.2) is 41.5 Å². The number of fused-ring (bicyclic) bond motifs is 1. The number of aromatic nitrogens is 2. The number of methoxy groups -OCH3 is 1. The Hall–Kier alpha value is -4.73. The molecule has 3 aromatic rings. The standard InChI is InChI=1S/C26H25N5O5/c1-15-8-18(4-6-19(15)26(34)35-3)12-27-16(2)20-11-23(29-14-28-20)31-24(32)10-17-5-7-22-21(9-17)30-25(33)13-36-22/h4-9,11,14,27H,2,10,12-13H2,1,3H3,(H,30,33)(H,28,29,31,32). The molecular weight excluding hydrogens is 462 g/mol. The van der Waals surface area contributed by atoms with E-state index in [4.69, 9.17) is 9.47 Å². The van der Waals surface area contributed by atoms with Gasteiger partial charge in [-0.25, -0.2) is 14.8 Å². The predicted octanol–water partition coefficient (Wildman–Crippen LogP) is 2.84. The first-order chi connectivity index (χ1) is 17.3. The van der Waals surface area contributed by atoms with Gasteiger partial charge in [0.2, 0.25) is 5.91 Å². The normalized spacial score (nSPS) is 12.0. The van der Waals surface area contributed by atoms with Crippen molar-refractivity contribution >= 4 is 35.0 Å². The molecule has 0 radical (unpaired) electrons. The van der Waals surface area contributed by atoms with Gasteiger partial charge in [0.05, 0.1) is 36.2 Å². The second-order valence-corrected chi connectivity index (χ2v) is 8.15. The predicted molar refractivity (Wildman–Crippen MR) is 133 cm³/mol. The summed E-state index contributed by atoms with van der Waals surface area (Å²) in [5.74, 6) is 0.0159. The minimum atomic E-state index is -0.376. The van der Waals surface area contributed by atoms with Crippen molar-refractivity contribution in [2.75, 3.05) is 24.4 Å². The summed E-state index contributed by atoms with van der Waals surface area (Å²) in [4.78, 5) is 44.2. The van der Waals surface area contributed by atoms with Crippen molar-refractivity contribution in [3.05, 3.63) is 83.3 Å². The third kappa shape index (κ3) is 5.84. The number of anilines is 2. The summed E-state index contributed by atoms with van der Waals surface area (Å²) in [5, 5.41) is 8.68. The fourth-order valence-corrected chi connectivity index (χ4v) is 3.68. The van der Waals surface area contributed by atoms with E-state index in [1.807, 2.05) is 19.1 Å². The Kier molecular flexibility index (Phi) is 7.24. The highest BCUT2D eigenvalue weighted by Crippen LogP contribution is 2.28. The van der Waals surface area contributed by atoms with E-state index in [1.54, 1.807) is 30.3 Å². The Bertz CT molecular complexity index is 1350. The molecule has 2 amide bonds. The number of nitrogens with one attached hydrogen (secondary N) is 3. The lowest BCUT2D eigenvalue weighted by molar-refractivity contribution is -0.118. The number of carbonyl (C=O) groups excluding carboxylic acids is 3. The maximum atomic E-state index is 12.6. The van der Waals surface area contributed by atoms with Crippen LogP contribution in [0.3, 0.4) is 0 Å². The summed E-state index contributed by atoms with van der Waals surface area (Å²) in [6, 6.07) is 12.3. The summed E-state index contributed by atoms with van der Waals surface area (Å²) in [7, 11) is 1.35. The molecule has 0 aliphatic carbocycles. The Morgan fingerprint density at radius 3 is 2.72 bits per heavy atom. The van der Waals surface area contributed by atoms with Crippen LogP contribution in [0.25, 0.3) is 5.70 Å². The highest BCUT2D eigenvalue weighted by atomic mass is 16.5. The fraction of sp³-hybridized carbons (Fsp3) is 0.192. The number of esters is 1. The van der Waals surface area contributed by atoms with E-state index in [-0.39, 0.29) is 30.8 Å². The second-order valence-electron chi connectivity index (χ2n) is 8.15. The quantitative estimate of drug-likeness (QED) is 0.414. The van der Waals surface area contributed by atoms with Crippen LogP contribution in [0.2, 0.25) is 0 Å². The molecule has 184 valence electrons. The van der Waals surface area contributed by atoms with E-state index in [0.717, 1.165) is 11.1 Å². The van der Waals surface area contributed by atoms with Gasteiger partial charge in [0.1, 0.15) is 17.9 Å². The van der Waals surface area contributed by atoms with Crippen molar-refractivity contribution in [1.82, 2.24) is 15.3 Å². The molecule has 10 nitrogen and oxygen atoms in total. The average molecular weight is 488 g/mol. The number of benzene rings is 2. The molecule has 0 unspecified atom stereocenters. The van der Waals surface area contributed by atoms with Crippen LogP contribution in [-0.2, 0) is 27.3 Å². The van der Waals surface area contributed by atoms with Crippen molar-refractivity contribution in [1.29, 1.82) is 0 Å². The first kappa shape index (κ1) is 24.4. The summed E-state index contributed by atoms with van der Waals surface area (Å²) in [5.41, 5.74) is 4.61. The first-order valence-electron chi connectivity index (χ1n) is 11.1. The number of hydrogen-bond acceptors (Lipinski definition) is 8. The average Bonchev–Trinajstić information content (AvgIpc) is 2.86. The third-order valence-corrected chi connectivity index (χ3v) is 5.49. The highest BCUT2D eigenvalue weighted by Gasteiger charge is 2.17. The van der Waals surface area contributed by atoms with Gasteiger partial charge in [0, 0.05) is 12.6 Å². The van der Waals surface area contributed by atoms with Crippen molar-refractivity contribution < 1.29 is 23.9 Å². The molecule has 1 aromatic heterocycles. The maximum absolute atomic E-state index is 12.6. The molecule has 1 aliphatic heterocycles. The Balaban J connectivity index is 1.35. The first-order valence-corrected chi connectivity index (χ1v) is 11.1. The maximum Gasteiger partial charge on any atom is 0.338 e.